The first-order valence-electron chi connectivity index (χ1n) is 5.07. The van der Waals surface area contributed by atoms with Crippen LogP contribution in [0.25, 0.3) is 0 Å². The number of nitrogens with zero attached hydrogens (tertiary/aromatic N) is 1. The molecule has 0 amide bonds. The Morgan fingerprint density at radius 2 is 1.82 bits per heavy atom. The molecule has 0 fully saturated rings. The molecule has 1 atom stereocenters. The zero-order valence-corrected chi connectivity index (χ0v) is 9.97. The van der Waals surface area contributed by atoms with Gasteiger partial charge in [-0.05, 0) is 17.7 Å². The molecule has 6 nitrogen and oxygen atoms in total. The summed E-state index contributed by atoms with van der Waals surface area (Å²) < 4.78 is 9.94. The van der Waals surface area contributed by atoms with Crippen molar-refractivity contribution < 1.29 is 19.5 Å². The van der Waals surface area contributed by atoms with Gasteiger partial charge in [0.25, 0.3) is 0 Å². The number of hydrogen-bond acceptors (Lipinski definition) is 5. The van der Waals surface area contributed by atoms with Crippen LogP contribution in [0.1, 0.15) is 12.5 Å². The predicted molar refractivity (Wildman–Crippen MR) is 61.4 cm³/mol. The molecule has 17 heavy (non-hydrogen) atoms. The third-order valence-corrected chi connectivity index (χ3v) is 2.43. The topological polar surface area (TPSA) is 81.8 Å². The summed E-state index contributed by atoms with van der Waals surface area (Å²) in [6, 6.07) is 2.43. The molecule has 0 saturated heterocycles. The van der Waals surface area contributed by atoms with Gasteiger partial charge in [-0.15, -0.1) is 0 Å². The molecule has 1 aromatic rings. The van der Waals surface area contributed by atoms with Crippen molar-refractivity contribution in [2.24, 2.45) is 0 Å². The quantitative estimate of drug-likeness (QED) is 0.625. The largest absolute Gasteiger partial charge is 0.502 e. The smallest absolute Gasteiger partial charge is 0.214 e. The van der Waals surface area contributed by atoms with E-state index in [1.165, 1.54) is 21.1 Å². The molecular weight excluding hydrogens is 226 g/mol. The third-order valence-electron chi connectivity index (χ3n) is 2.43. The van der Waals surface area contributed by atoms with E-state index in [4.69, 9.17) is 9.47 Å². The minimum absolute atomic E-state index is 0.104. The maximum atomic E-state index is 10.6. The van der Waals surface area contributed by atoms with Gasteiger partial charge in [-0.2, -0.15) is 0 Å². The highest BCUT2D eigenvalue weighted by molar-refractivity contribution is 5.52. The second-order valence-electron chi connectivity index (χ2n) is 3.69. The minimum Gasteiger partial charge on any atom is -0.502 e. The fourth-order valence-electron chi connectivity index (χ4n) is 1.48. The first kappa shape index (κ1) is 13.1. The van der Waals surface area contributed by atoms with Crippen molar-refractivity contribution in [3.63, 3.8) is 0 Å². The van der Waals surface area contributed by atoms with Crippen LogP contribution in [0.5, 0.6) is 17.2 Å². The standard InChI is InChI=1S/C11H15NO5/c1-7(12(14)15)4-8-5-9(16-2)11(13)10(6-8)17-3/h5-7,13H,4H2,1-3H3. The lowest BCUT2D eigenvalue weighted by molar-refractivity contribution is -0.517. The van der Waals surface area contributed by atoms with Gasteiger partial charge < -0.3 is 14.6 Å². The van der Waals surface area contributed by atoms with E-state index >= 15 is 0 Å². The highest BCUT2D eigenvalue weighted by atomic mass is 16.6. The van der Waals surface area contributed by atoms with Gasteiger partial charge in [0.1, 0.15) is 0 Å². The summed E-state index contributed by atoms with van der Waals surface area (Å²) in [6.07, 6.45) is 0.250. The summed E-state index contributed by atoms with van der Waals surface area (Å²) in [7, 11) is 2.82. The Labute approximate surface area is 98.9 Å². The molecule has 0 spiro atoms. The third kappa shape index (κ3) is 2.99. The summed E-state index contributed by atoms with van der Waals surface area (Å²) in [5, 5.41) is 20.2. The van der Waals surface area contributed by atoms with E-state index in [9.17, 15) is 15.2 Å². The lowest BCUT2D eigenvalue weighted by atomic mass is 10.1. The van der Waals surface area contributed by atoms with Crippen molar-refractivity contribution in [2.75, 3.05) is 14.2 Å². The Kier molecular flexibility index (Phi) is 4.14. The van der Waals surface area contributed by atoms with Crippen molar-refractivity contribution in [1.29, 1.82) is 0 Å². The van der Waals surface area contributed by atoms with E-state index in [0.29, 0.717) is 5.56 Å². The Hall–Kier alpha value is -1.98. The van der Waals surface area contributed by atoms with Crippen molar-refractivity contribution >= 4 is 0 Å². The van der Waals surface area contributed by atoms with E-state index < -0.39 is 6.04 Å². The maximum absolute atomic E-state index is 10.6. The van der Waals surface area contributed by atoms with Gasteiger partial charge in [-0.25, -0.2) is 0 Å². The van der Waals surface area contributed by atoms with Gasteiger partial charge in [0.05, 0.1) is 14.2 Å². The number of hydrogen-bond donors (Lipinski definition) is 1. The fraction of sp³-hybridized carbons (Fsp3) is 0.455. The number of ether oxygens (including phenoxy) is 2. The van der Waals surface area contributed by atoms with Crippen LogP contribution >= 0.6 is 0 Å². The van der Waals surface area contributed by atoms with Gasteiger partial charge >= 0.3 is 0 Å². The fourth-order valence-corrected chi connectivity index (χ4v) is 1.48. The SMILES string of the molecule is COc1cc(CC(C)[N+](=O)[O-])cc(OC)c1O. The molecule has 0 aliphatic rings. The summed E-state index contributed by atoms with van der Waals surface area (Å²) >= 11 is 0. The van der Waals surface area contributed by atoms with E-state index in [2.05, 4.69) is 0 Å². The Balaban J connectivity index is 3.05. The second-order valence-corrected chi connectivity index (χ2v) is 3.69. The van der Waals surface area contributed by atoms with Gasteiger partial charge in [0.2, 0.25) is 11.8 Å². The first-order valence-corrected chi connectivity index (χ1v) is 5.07. The van der Waals surface area contributed by atoms with Crippen molar-refractivity contribution in [2.45, 2.75) is 19.4 Å². The molecule has 1 unspecified atom stereocenters. The molecule has 0 aromatic heterocycles. The molecule has 0 saturated carbocycles. The van der Waals surface area contributed by atoms with Gasteiger partial charge in [-0.3, -0.25) is 10.1 Å². The number of aromatic hydroxyl groups is 1. The van der Waals surface area contributed by atoms with Crippen molar-refractivity contribution in [3.8, 4) is 17.2 Å². The number of rotatable bonds is 5. The van der Waals surface area contributed by atoms with Gasteiger partial charge in [-0.1, -0.05) is 0 Å². The number of phenolic OH excluding ortho intramolecular Hbond substituents is 1. The molecule has 0 radical (unpaired) electrons. The van der Waals surface area contributed by atoms with E-state index in [1.807, 2.05) is 0 Å². The van der Waals surface area contributed by atoms with E-state index in [1.54, 1.807) is 12.1 Å². The average Bonchev–Trinajstić information content (AvgIpc) is 2.30. The van der Waals surface area contributed by atoms with Crippen LogP contribution in [0, 0.1) is 10.1 Å². The van der Waals surface area contributed by atoms with Crippen LogP contribution in [0.3, 0.4) is 0 Å². The zero-order valence-electron chi connectivity index (χ0n) is 9.97. The predicted octanol–water partition coefficient (Wildman–Crippen LogP) is 1.62. The second kappa shape index (κ2) is 5.38. The Bertz CT molecular complexity index is 393. The number of methoxy groups -OCH3 is 2. The van der Waals surface area contributed by atoms with E-state index in [0.717, 1.165) is 0 Å². The van der Waals surface area contributed by atoms with Crippen LogP contribution in [-0.2, 0) is 6.42 Å². The molecule has 0 heterocycles. The zero-order chi connectivity index (χ0) is 13.0. The van der Waals surface area contributed by atoms with Crippen LogP contribution in [0.2, 0.25) is 0 Å². The Morgan fingerprint density at radius 1 is 1.35 bits per heavy atom. The van der Waals surface area contributed by atoms with Crippen LogP contribution in [0.4, 0.5) is 0 Å². The summed E-state index contributed by atoms with van der Waals surface area (Å²) in [6.45, 7) is 1.52. The van der Waals surface area contributed by atoms with Crippen molar-refractivity contribution in [1.82, 2.24) is 0 Å². The van der Waals surface area contributed by atoms with Gasteiger partial charge in [0, 0.05) is 18.3 Å². The number of benzene rings is 1. The maximum Gasteiger partial charge on any atom is 0.214 e. The molecule has 1 rings (SSSR count). The molecule has 94 valence electrons. The first-order chi connectivity index (χ1) is 7.99. The molecule has 6 heteroatoms. The molecule has 0 aliphatic heterocycles. The number of phenols is 1. The average molecular weight is 241 g/mol. The summed E-state index contributed by atoms with van der Waals surface area (Å²) in [5.74, 6) is 0.386. The molecule has 0 bridgehead atoms. The summed E-state index contributed by atoms with van der Waals surface area (Å²) in [5.41, 5.74) is 0.681. The van der Waals surface area contributed by atoms with E-state index in [-0.39, 0.29) is 28.6 Å². The molecule has 1 aromatic carbocycles. The van der Waals surface area contributed by atoms with Crippen LogP contribution in [0.15, 0.2) is 12.1 Å². The lowest BCUT2D eigenvalue weighted by Gasteiger charge is -2.11. The van der Waals surface area contributed by atoms with Crippen LogP contribution in [-0.4, -0.2) is 30.3 Å². The lowest BCUT2D eigenvalue weighted by Crippen LogP contribution is -2.17. The van der Waals surface area contributed by atoms with Crippen molar-refractivity contribution in [3.05, 3.63) is 27.8 Å². The normalized spacial score (nSPS) is 11.9. The molecule has 1 N–H and O–H groups in total. The highest BCUT2D eigenvalue weighted by Gasteiger charge is 2.17. The van der Waals surface area contributed by atoms with Crippen LogP contribution < -0.4 is 9.47 Å². The number of nitro groups is 1. The summed E-state index contributed by atoms with van der Waals surface area (Å²) in [4.78, 5) is 10.2. The molecular formula is C11H15NO5. The monoisotopic (exact) mass is 241 g/mol. The highest BCUT2D eigenvalue weighted by Crippen LogP contribution is 2.37. The Morgan fingerprint density at radius 3 is 2.18 bits per heavy atom. The molecule has 0 aliphatic carbocycles. The minimum atomic E-state index is -0.700. The van der Waals surface area contributed by atoms with Gasteiger partial charge in [0.15, 0.2) is 11.5 Å².